The van der Waals surface area contributed by atoms with E-state index in [0.717, 1.165) is 15.4 Å². The number of guanidine groups is 1. The molecule has 0 radical (unpaired) electrons. The van der Waals surface area contributed by atoms with Crippen LogP contribution in [-0.2, 0) is 6.54 Å². The van der Waals surface area contributed by atoms with E-state index in [0.29, 0.717) is 18.1 Å². The predicted octanol–water partition coefficient (Wildman–Crippen LogP) is 3.33. The van der Waals surface area contributed by atoms with Crippen LogP contribution in [0.4, 0.5) is 4.39 Å². The molecule has 0 aliphatic rings. The van der Waals surface area contributed by atoms with E-state index in [2.05, 4.69) is 20.6 Å². The van der Waals surface area contributed by atoms with Gasteiger partial charge in [0.25, 0.3) is 0 Å². The number of halogens is 1. The number of hydrogen-bond acceptors (Lipinski definition) is 3. The predicted molar refractivity (Wildman–Crippen MR) is 89.7 cm³/mol. The molecule has 0 fully saturated rings. The van der Waals surface area contributed by atoms with Gasteiger partial charge in [-0.3, -0.25) is 4.99 Å². The van der Waals surface area contributed by atoms with Gasteiger partial charge in [-0.2, -0.15) is 0 Å². The van der Waals surface area contributed by atoms with Gasteiger partial charge in [0.05, 0.1) is 17.6 Å². The highest BCUT2D eigenvalue weighted by Gasteiger charge is 2.10. The highest BCUT2D eigenvalue weighted by molar-refractivity contribution is 7.11. The van der Waals surface area contributed by atoms with Crippen molar-refractivity contribution in [2.75, 3.05) is 7.05 Å². The summed E-state index contributed by atoms with van der Waals surface area (Å²) in [5.74, 6) is 0.494. The van der Waals surface area contributed by atoms with Gasteiger partial charge in [-0.05, 0) is 38.0 Å². The lowest BCUT2D eigenvalue weighted by atomic mass is 10.1. The zero-order valence-corrected chi connectivity index (χ0v) is 14.1. The van der Waals surface area contributed by atoms with Gasteiger partial charge in [-0.15, -0.1) is 11.3 Å². The Hall–Kier alpha value is -1.95. The minimum Gasteiger partial charge on any atom is -0.351 e. The van der Waals surface area contributed by atoms with E-state index in [1.165, 1.54) is 0 Å². The zero-order chi connectivity index (χ0) is 16.1. The quantitative estimate of drug-likeness (QED) is 0.671. The lowest BCUT2D eigenvalue weighted by Crippen LogP contribution is -2.38. The summed E-state index contributed by atoms with van der Waals surface area (Å²) in [7, 11) is 1.72. The van der Waals surface area contributed by atoms with Crippen LogP contribution in [-0.4, -0.2) is 18.0 Å². The molecule has 1 aromatic carbocycles. The standard InChI is InChI=1S/C16H21FN4S/c1-10-5-6-13(7-15(10)17)11(2)21-16(18-4)20-9-14-8-19-12(3)22-14/h5-8,11H,9H2,1-4H3,(H2,18,20,21). The highest BCUT2D eigenvalue weighted by Crippen LogP contribution is 2.16. The van der Waals surface area contributed by atoms with Gasteiger partial charge in [0.2, 0.25) is 0 Å². The van der Waals surface area contributed by atoms with Crippen LogP contribution in [0.3, 0.4) is 0 Å². The average Bonchev–Trinajstić information content (AvgIpc) is 2.91. The van der Waals surface area contributed by atoms with Crippen molar-refractivity contribution < 1.29 is 4.39 Å². The van der Waals surface area contributed by atoms with Gasteiger partial charge in [0.1, 0.15) is 5.82 Å². The largest absolute Gasteiger partial charge is 0.351 e. The molecule has 6 heteroatoms. The van der Waals surface area contributed by atoms with E-state index in [9.17, 15) is 4.39 Å². The number of thiazole rings is 1. The minimum absolute atomic E-state index is 0.0375. The molecule has 0 aliphatic heterocycles. The summed E-state index contributed by atoms with van der Waals surface area (Å²) in [5.41, 5.74) is 1.54. The van der Waals surface area contributed by atoms with Crippen LogP contribution in [0.25, 0.3) is 0 Å². The number of nitrogens with zero attached hydrogens (tertiary/aromatic N) is 2. The highest BCUT2D eigenvalue weighted by atomic mass is 32.1. The molecule has 2 aromatic rings. The first-order chi connectivity index (χ1) is 10.5. The van der Waals surface area contributed by atoms with Crippen molar-refractivity contribution in [1.82, 2.24) is 15.6 Å². The average molecular weight is 320 g/mol. The van der Waals surface area contributed by atoms with Gasteiger partial charge >= 0.3 is 0 Å². The van der Waals surface area contributed by atoms with Crippen LogP contribution in [0.1, 0.15) is 34.0 Å². The number of hydrogen-bond donors (Lipinski definition) is 2. The Morgan fingerprint density at radius 2 is 2.18 bits per heavy atom. The van der Waals surface area contributed by atoms with Crippen molar-refractivity contribution in [3.63, 3.8) is 0 Å². The molecule has 118 valence electrons. The first-order valence-corrected chi connectivity index (χ1v) is 7.95. The summed E-state index contributed by atoms with van der Waals surface area (Å²) in [6, 6.07) is 5.24. The fourth-order valence-corrected chi connectivity index (χ4v) is 2.75. The van der Waals surface area contributed by atoms with Gasteiger partial charge in [0, 0.05) is 18.1 Å². The third-order valence-electron chi connectivity index (χ3n) is 3.37. The number of aryl methyl sites for hydroxylation is 2. The summed E-state index contributed by atoms with van der Waals surface area (Å²) in [6.07, 6.45) is 1.86. The molecule has 0 saturated carbocycles. The van der Waals surface area contributed by atoms with Gasteiger partial charge in [-0.25, -0.2) is 9.37 Å². The monoisotopic (exact) mass is 320 g/mol. The number of nitrogens with one attached hydrogen (secondary N) is 2. The Balaban J connectivity index is 1.95. The van der Waals surface area contributed by atoms with Crippen molar-refractivity contribution in [3.05, 3.63) is 51.2 Å². The van der Waals surface area contributed by atoms with Gasteiger partial charge in [-0.1, -0.05) is 12.1 Å². The summed E-state index contributed by atoms with van der Waals surface area (Å²) >= 11 is 1.65. The molecule has 0 aliphatic carbocycles. The van der Waals surface area contributed by atoms with Crippen molar-refractivity contribution in [1.29, 1.82) is 0 Å². The first kappa shape index (κ1) is 16.4. The summed E-state index contributed by atoms with van der Waals surface area (Å²) in [5, 5.41) is 7.55. The molecule has 2 N–H and O–H groups in total. The summed E-state index contributed by atoms with van der Waals surface area (Å²) in [4.78, 5) is 9.57. The van der Waals surface area contributed by atoms with E-state index < -0.39 is 0 Å². The minimum atomic E-state index is -0.186. The lowest BCUT2D eigenvalue weighted by molar-refractivity contribution is 0.607. The first-order valence-electron chi connectivity index (χ1n) is 7.14. The van der Waals surface area contributed by atoms with Crippen LogP contribution in [0.15, 0.2) is 29.4 Å². The molecule has 0 amide bonds. The molecule has 1 aromatic heterocycles. The second-order valence-electron chi connectivity index (χ2n) is 5.15. The number of benzene rings is 1. The molecule has 1 atom stereocenters. The Labute approximate surface area is 134 Å². The second kappa shape index (κ2) is 7.35. The van der Waals surface area contributed by atoms with E-state index >= 15 is 0 Å². The second-order valence-corrected chi connectivity index (χ2v) is 6.47. The van der Waals surface area contributed by atoms with Crippen LogP contribution in [0.5, 0.6) is 0 Å². The maximum absolute atomic E-state index is 13.7. The van der Waals surface area contributed by atoms with Crippen molar-refractivity contribution in [2.45, 2.75) is 33.4 Å². The molecular weight excluding hydrogens is 299 g/mol. The smallest absolute Gasteiger partial charge is 0.191 e. The van der Waals surface area contributed by atoms with Crippen molar-refractivity contribution >= 4 is 17.3 Å². The van der Waals surface area contributed by atoms with Crippen molar-refractivity contribution in [2.24, 2.45) is 4.99 Å². The number of aliphatic imine (C=N–C) groups is 1. The lowest BCUT2D eigenvalue weighted by Gasteiger charge is -2.18. The van der Waals surface area contributed by atoms with Crippen LogP contribution in [0.2, 0.25) is 0 Å². The third kappa shape index (κ3) is 4.27. The molecule has 2 rings (SSSR count). The molecule has 0 spiro atoms. The topological polar surface area (TPSA) is 49.3 Å². The number of rotatable bonds is 4. The maximum atomic E-state index is 13.7. The van der Waals surface area contributed by atoms with E-state index in [4.69, 9.17) is 0 Å². The summed E-state index contributed by atoms with van der Waals surface area (Å²) < 4.78 is 13.7. The maximum Gasteiger partial charge on any atom is 0.191 e. The van der Waals surface area contributed by atoms with Crippen molar-refractivity contribution in [3.8, 4) is 0 Å². The van der Waals surface area contributed by atoms with E-state index in [1.54, 1.807) is 37.4 Å². The molecule has 0 saturated heterocycles. The van der Waals surface area contributed by atoms with E-state index in [1.807, 2.05) is 26.1 Å². The molecule has 1 unspecified atom stereocenters. The van der Waals surface area contributed by atoms with Crippen LogP contribution in [0, 0.1) is 19.7 Å². The summed E-state index contributed by atoms with van der Waals surface area (Å²) in [6.45, 7) is 6.39. The zero-order valence-electron chi connectivity index (χ0n) is 13.3. The molecule has 22 heavy (non-hydrogen) atoms. The fraction of sp³-hybridized carbons (Fsp3) is 0.375. The molecule has 1 heterocycles. The Morgan fingerprint density at radius 3 is 2.77 bits per heavy atom. The number of aromatic nitrogens is 1. The SMILES string of the molecule is CN=C(NCc1cnc(C)s1)NC(C)c1ccc(C)c(F)c1. The van der Waals surface area contributed by atoms with Gasteiger partial charge in [0.15, 0.2) is 5.96 Å². The van der Waals surface area contributed by atoms with E-state index in [-0.39, 0.29) is 11.9 Å². The van der Waals surface area contributed by atoms with Gasteiger partial charge < -0.3 is 10.6 Å². The Morgan fingerprint density at radius 1 is 1.41 bits per heavy atom. The Bertz CT molecular complexity index is 666. The van der Waals surface area contributed by atoms with Crippen LogP contribution >= 0.6 is 11.3 Å². The molecule has 0 bridgehead atoms. The molecular formula is C16H21FN4S. The van der Waals surface area contributed by atoms with Crippen LogP contribution < -0.4 is 10.6 Å². The fourth-order valence-electron chi connectivity index (χ4n) is 2.02. The molecule has 4 nitrogen and oxygen atoms in total. The normalized spacial score (nSPS) is 13.0. The third-order valence-corrected chi connectivity index (χ3v) is 4.28. The Kier molecular flexibility index (Phi) is 5.49.